The van der Waals surface area contributed by atoms with Crippen LogP contribution in [0.1, 0.15) is 0 Å². The Hall–Kier alpha value is -0.910. The van der Waals surface area contributed by atoms with E-state index in [0.717, 1.165) is 0 Å². The zero-order valence-electron chi connectivity index (χ0n) is 7.56. The fourth-order valence-electron chi connectivity index (χ4n) is 0.602. The fourth-order valence-corrected chi connectivity index (χ4v) is 0.602. The minimum absolute atomic E-state index is 0.132. The van der Waals surface area contributed by atoms with Crippen molar-refractivity contribution in [1.29, 1.82) is 0 Å². The predicted octanol–water partition coefficient (Wildman–Crippen LogP) is 0.263. The molecule has 0 aliphatic heterocycles. The molecule has 0 amide bonds. The number of methoxy groups -OCH3 is 1. The van der Waals surface area contributed by atoms with Crippen LogP contribution in [0.3, 0.4) is 0 Å². The molecule has 0 rings (SSSR count). The van der Waals surface area contributed by atoms with E-state index in [2.05, 4.69) is 11.3 Å². The smallest absolute Gasteiger partial charge is 0.329 e. The second-order valence-electron chi connectivity index (χ2n) is 2.26. The van der Waals surface area contributed by atoms with Crippen molar-refractivity contribution in [3.63, 3.8) is 0 Å². The van der Waals surface area contributed by atoms with Crippen molar-refractivity contribution in [1.82, 2.24) is 0 Å². The first-order valence-corrected chi connectivity index (χ1v) is 3.73. The van der Waals surface area contributed by atoms with Crippen molar-refractivity contribution in [2.75, 3.05) is 27.1 Å². The van der Waals surface area contributed by atoms with Crippen LogP contribution in [0.2, 0.25) is 0 Å². The van der Waals surface area contributed by atoms with E-state index in [4.69, 9.17) is 14.6 Å². The van der Waals surface area contributed by atoms with Gasteiger partial charge in [0.2, 0.25) is 0 Å². The van der Waals surface area contributed by atoms with Crippen LogP contribution in [0.25, 0.3) is 0 Å². The highest BCUT2D eigenvalue weighted by molar-refractivity contribution is 5.67. The summed E-state index contributed by atoms with van der Waals surface area (Å²) in [6.07, 6.45) is 1.19. The van der Waals surface area contributed by atoms with Crippen molar-refractivity contribution in [2.45, 2.75) is 6.10 Å². The summed E-state index contributed by atoms with van der Waals surface area (Å²) in [6, 6.07) is 0. The fraction of sp³-hybridized carbons (Fsp3) is 0.625. The largest absolute Gasteiger partial charge is 0.480 e. The van der Waals surface area contributed by atoms with E-state index in [-0.39, 0.29) is 26.1 Å². The van der Waals surface area contributed by atoms with Gasteiger partial charge in [-0.15, -0.1) is 6.58 Å². The Kier molecular flexibility index (Phi) is 7.18. The molecule has 1 atom stereocenters. The van der Waals surface area contributed by atoms with E-state index in [1.54, 1.807) is 0 Å². The molecular weight excluding hydrogens is 176 g/mol. The molecule has 0 aliphatic rings. The summed E-state index contributed by atoms with van der Waals surface area (Å²) in [5.74, 6) is -1.01. The summed E-state index contributed by atoms with van der Waals surface area (Å²) in [5, 5.41) is 8.26. The van der Waals surface area contributed by atoms with E-state index >= 15 is 0 Å². The maximum Gasteiger partial charge on any atom is 0.329 e. The summed E-state index contributed by atoms with van der Waals surface area (Å²) in [6.45, 7) is 3.47. The van der Waals surface area contributed by atoms with E-state index in [1.165, 1.54) is 13.2 Å². The van der Waals surface area contributed by atoms with E-state index in [9.17, 15) is 4.79 Å². The van der Waals surface area contributed by atoms with Gasteiger partial charge in [-0.2, -0.15) is 0 Å². The average molecular weight is 190 g/mol. The van der Waals surface area contributed by atoms with E-state index in [1.807, 2.05) is 0 Å². The van der Waals surface area contributed by atoms with Gasteiger partial charge in [0.05, 0.1) is 6.61 Å². The topological polar surface area (TPSA) is 65.0 Å². The molecule has 0 saturated heterocycles. The highest BCUT2D eigenvalue weighted by Crippen LogP contribution is 1.94. The van der Waals surface area contributed by atoms with Crippen molar-refractivity contribution in [3.8, 4) is 0 Å². The number of hydrogen-bond donors (Lipinski definition) is 1. The lowest BCUT2D eigenvalue weighted by molar-refractivity contribution is -0.144. The molecule has 13 heavy (non-hydrogen) atoms. The van der Waals surface area contributed by atoms with Crippen LogP contribution in [0.4, 0.5) is 0 Å². The second kappa shape index (κ2) is 7.72. The summed E-state index contributed by atoms with van der Waals surface area (Å²) in [7, 11) is 1.50. The third-order valence-corrected chi connectivity index (χ3v) is 1.17. The molecule has 0 bridgehead atoms. The van der Waals surface area contributed by atoms with E-state index < -0.39 is 5.97 Å². The lowest BCUT2D eigenvalue weighted by atomic mass is 10.4. The van der Waals surface area contributed by atoms with Crippen molar-refractivity contribution >= 4 is 5.97 Å². The SMILES string of the molecule is C=CC(COCC(=O)O)OCOC. The second-order valence-corrected chi connectivity index (χ2v) is 2.26. The Labute approximate surface area is 76.9 Å². The Morgan fingerprint density at radius 2 is 2.38 bits per heavy atom. The Balaban J connectivity index is 3.47. The van der Waals surface area contributed by atoms with Crippen LogP contribution in [0.15, 0.2) is 12.7 Å². The van der Waals surface area contributed by atoms with Crippen molar-refractivity contribution in [3.05, 3.63) is 12.7 Å². The minimum atomic E-state index is -1.01. The molecular formula is C8H14O5. The van der Waals surface area contributed by atoms with Gasteiger partial charge in [-0.3, -0.25) is 0 Å². The lowest BCUT2D eigenvalue weighted by Gasteiger charge is -2.12. The molecule has 1 unspecified atom stereocenters. The summed E-state index contributed by atoms with van der Waals surface area (Å²) in [5.41, 5.74) is 0. The van der Waals surface area contributed by atoms with Crippen molar-refractivity contribution < 1.29 is 24.1 Å². The van der Waals surface area contributed by atoms with Gasteiger partial charge < -0.3 is 19.3 Å². The van der Waals surface area contributed by atoms with Gasteiger partial charge in [0.15, 0.2) is 0 Å². The summed E-state index contributed by atoms with van der Waals surface area (Å²) in [4.78, 5) is 10.1. The third-order valence-electron chi connectivity index (χ3n) is 1.17. The highest BCUT2D eigenvalue weighted by atomic mass is 16.7. The van der Waals surface area contributed by atoms with Gasteiger partial charge in [0.1, 0.15) is 19.5 Å². The zero-order chi connectivity index (χ0) is 10.1. The molecule has 0 saturated carbocycles. The molecule has 5 heteroatoms. The maximum absolute atomic E-state index is 10.1. The standard InChI is InChI=1S/C8H14O5/c1-3-7(13-6-11-2)4-12-5-8(9)10/h3,7H,1,4-6H2,2H3,(H,9,10). The van der Waals surface area contributed by atoms with Crippen LogP contribution < -0.4 is 0 Å². The molecule has 0 aromatic rings. The number of carboxylic acids is 1. The first-order chi connectivity index (χ1) is 6.20. The van der Waals surface area contributed by atoms with Crippen LogP contribution >= 0.6 is 0 Å². The van der Waals surface area contributed by atoms with E-state index in [0.29, 0.717) is 0 Å². The highest BCUT2D eigenvalue weighted by Gasteiger charge is 2.05. The summed E-state index contributed by atoms with van der Waals surface area (Å²) >= 11 is 0. The molecule has 0 heterocycles. The normalized spacial score (nSPS) is 12.4. The Morgan fingerprint density at radius 3 is 2.85 bits per heavy atom. The molecule has 5 nitrogen and oxygen atoms in total. The van der Waals surface area contributed by atoms with Crippen molar-refractivity contribution in [2.24, 2.45) is 0 Å². The monoisotopic (exact) mass is 190 g/mol. The number of aliphatic carboxylic acids is 1. The molecule has 0 aromatic carbocycles. The first kappa shape index (κ1) is 12.1. The molecule has 0 fully saturated rings. The Morgan fingerprint density at radius 1 is 1.69 bits per heavy atom. The van der Waals surface area contributed by atoms with Gasteiger partial charge in [0.25, 0.3) is 0 Å². The summed E-state index contributed by atoms with van der Waals surface area (Å²) < 4.78 is 14.5. The number of carbonyl (C=O) groups is 1. The third kappa shape index (κ3) is 7.45. The van der Waals surface area contributed by atoms with Crippen LogP contribution in [-0.4, -0.2) is 44.3 Å². The van der Waals surface area contributed by atoms with Crippen LogP contribution in [-0.2, 0) is 19.0 Å². The number of rotatable bonds is 8. The molecule has 0 aliphatic carbocycles. The van der Waals surface area contributed by atoms with Gasteiger partial charge in [-0.05, 0) is 0 Å². The van der Waals surface area contributed by atoms with Crippen LogP contribution in [0.5, 0.6) is 0 Å². The maximum atomic E-state index is 10.1. The average Bonchev–Trinajstić information content (AvgIpc) is 2.10. The Bertz CT molecular complexity index is 157. The molecule has 1 N–H and O–H groups in total. The quantitative estimate of drug-likeness (QED) is 0.439. The van der Waals surface area contributed by atoms with Gasteiger partial charge in [0, 0.05) is 7.11 Å². The number of hydrogen-bond acceptors (Lipinski definition) is 4. The molecule has 0 radical (unpaired) electrons. The van der Waals surface area contributed by atoms with Gasteiger partial charge >= 0.3 is 5.97 Å². The minimum Gasteiger partial charge on any atom is -0.480 e. The van der Waals surface area contributed by atoms with Gasteiger partial charge in [-0.1, -0.05) is 6.08 Å². The number of ether oxygens (including phenoxy) is 3. The lowest BCUT2D eigenvalue weighted by Crippen LogP contribution is -2.20. The molecule has 0 spiro atoms. The number of carboxylic acid groups (broad SMARTS) is 1. The zero-order valence-corrected chi connectivity index (χ0v) is 7.56. The van der Waals surface area contributed by atoms with Crippen LogP contribution in [0, 0.1) is 0 Å². The molecule has 0 aromatic heterocycles. The van der Waals surface area contributed by atoms with Gasteiger partial charge in [-0.25, -0.2) is 4.79 Å². The molecule has 76 valence electrons. The first-order valence-electron chi connectivity index (χ1n) is 3.73. The predicted molar refractivity (Wildman–Crippen MR) is 45.4 cm³/mol.